The third kappa shape index (κ3) is 4.10. The van der Waals surface area contributed by atoms with Gasteiger partial charge in [-0.25, -0.2) is 4.79 Å². The molecule has 20 heavy (non-hydrogen) atoms. The summed E-state index contributed by atoms with van der Waals surface area (Å²) < 4.78 is 5.09. The van der Waals surface area contributed by atoms with Crippen LogP contribution in [0.15, 0.2) is 47.8 Å². The van der Waals surface area contributed by atoms with Crippen molar-refractivity contribution < 1.29 is 19.4 Å². The number of thiophene rings is 1. The fourth-order valence-corrected chi connectivity index (χ4v) is 2.43. The summed E-state index contributed by atoms with van der Waals surface area (Å²) in [5, 5.41) is 13.3. The van der Waals surface area contributed by atoms with Gasteiger partial charge in [0.2, 0.25) is 0 Å². The summed E-state index contributed by atoms with van der Waals surface area (Å²) in [4.78, 5) is 23.4. The Kier molecular flexibility index (Phi) is 4.73. The Morgan fingerprint density at radius 3 is 2.55 bits per heavy atom. The molecule has 1 amide bonds. The number of para-hydroxylation sites is 1. The molecule has 0 spiro atoms. The fourth-order valence-electron chi connectivity index (χ4n) is 1.65. The van der Waals surface area contributed by atoms with Crippen molar-refractivity contribution in [2.45, 2.75) is 12.5 Å². The molecule has 1 unspecified atom stereocenters. The average molecular weight is 291 g/mol. The number of carbonyl (C=O) groups is 2. The van der Waals surface area contributed by atoms with Gasteiger partial charge in [-0.15, -0.1) is 11.3 Å². The molecule has 2 aromatic rings. The highest BCUT2D eigenvalue weighted by Crippen LogP contribution is 2.22. The highest BCUT2D eigenvalue weighted by molar-refractivity contribution is 7.10. The second kappa shape index (κ2) is 6.72. The first-order valence-corrected chi connectivity index (χ1v) is 6.81. The maximum Gasteiger partial charge on any atom is 0.413 e. The molecule has 0 radical (unpaired) electrons. The van der Waals surface area contributed by atoms with Gasteiger partial charge in [0.15, 0.2) is 0 Å². The van der Waals surface area contributed by atoms with Crippen LogP contribution in [0.5, 0.6) is 5.75 Å². The summed E-state index contributed by atoms with van der Waals surface area (Å²) in [6.45, 7) is 0. The number of amides is 1. The zero-order valence-electron chi connectivity index (χ0n) is 10.5. The van der Waals surface area contributed by atoms with Gasteiger partial charge in [-0.05, 0) is 23.6 Å². The number of aliphatic carboxylic acids is 1. The lowest BCUT2D eigenvalue weighted by molar-refractivity contribution is -0.137. The molecule has 1 aromatic heterocycles. The van der Waals surface area contributed by atoms with Crippen molar-refractivity contribution in [1.29, 1.82) is 0 Å². The maximum absolute atomic E-state index is 11.8. The van der Waals surface area contributed by atoms with Crippen LogP contribution in [0.1, 0.15) is 17.3 Å². The lowest BCUT2D eigenvalue weighted by Crippen LogP contribution is -2.32. The number of carboxylic acid groups (broad SMARTS) is 1. The van der Waals surface area contributed by atoms with Crippen LogP contribution in [0.4, 0.5) is 4.79 Å². The number of benzene rings is 1. The lowest BCUT2D eigenvalue weighted by Gasteiger charge is -2.15. The Morgan fingerprint density at radius 2 is 1.95 bits per heavy atom. The van der Waals surface area contributed by atoms with E-state index in [0.717, 1.165) is 4.88 Å². The first-order valence-electron chi connectivity index (χ1n) is 5.94. The van der Waals surface area contributed by atoms with Gasteiger partial charge in [0.1, 0.15) is 5.75 Å². The standard InChI is InChI=1S/C14H13NO4S/c16-13(17)9-11(12-7-4-8-20-12)15-14(18)19-10-5-2-1-3-6-10/h1-8,11H,9H2,(H,15,18)(H,16,17). The Labute approximate surface area is 119 Å². The number of nitrogens with one attached hydrogen (secondary N) is 1. The Morgan fingerprint density at radius 1 is 1.20 bits per heavy atom. The molecule has 1 atom stereocenters. The summed E-state index contributed by atoms with van der Waals surface area (Å²) in [7, 11) is 0. The van der Waals surface area contributed by atoms with E-state index in [1.54, 1.807) is 36.4 Å². The smallest absolute Gasteiger partial charge is 0.413 e. The van der Waals surface area contributed by atoms with Crippen LogP contribution >= 0.6 is 11.3 Å². The predicted molar refractivity (Wildman–Crippen MR) is 74.9 cm³/mol. The summed E-state index contributed by atoms with van der Waals surface area (Å²) >= 11 is 1.39. The van der Waals surface area contributed by atoms with Gasteiger partial charge in [-0.1, -0.05) is 24.3 Å². The lowest BCUT2D eigenvalue weighted by atomic mass is 10.2. The zero-order valence-corrected chi connectivity index (χ0v) is 11.3. The SMILES string of the molecule is O=C(O)CC(NC(=O)Oc1ccccc1)c1cccs1. The molecular formula is C14H13NO4S. The number of hydrogen-bond donors (Lipinski definition) is 2. The van der Waals surface area contributed by atoms with Crippen molar-refractivity contribution >= 4 is 23.4 Å². The van der Waals surface area contributed by atoms with Crippen molar-refractivity contribution in [1.82, 2.24) is 5.32 Å². The van der Waals surface area contributed by atoms with E-state index in [1.165, 1.54) is 11.3 Å². The number of hydrogen-bond acceptors (Lipinski definition) is 4. The molecule has 0 aliphatic carbocycles. The Balaban J connectivity index is 2.00. The Hall–Kier alpha value is -2.34. The van der Waals surface area contributed by atoms with Crippen LogP contribution in [0.3, 0.4) is 0 Å². The number of ether oxygens (including phenoxy) is 1. The van der Waals surface area contributed by atoms with E-state index in [-0.39, 0.29) is 6.42 Å². The minimum atomic E-state index is -0.983. The van der Waals surface area contributed by atoms with E-state index in [9.17, 15) is 9.59 Å². The van der Waals surface area contributed by atoms with Crippen LogP contribution in [-0.2, 0) is 4.79 Å². The molecule has 2 N–H and O–H groups in total. The van der Waals surface area contributed by atoms with Gasteiger partial charge in [0.05, 0.1) is 12.5 Å². The summed E-state index contributed by atoms with van der Waals surface area (Å²) in [5.41, 5.74) is 0. The Bertz CT molecular complexity index is 568. The van der Waals surface area contributed by atoms with Crippen LogP contribution in [0, 0.1) is 0 Å². The monoisotopic (exact) mass is 291 g/mol. The molecule has 6 heteroatoms. The van der Waals surface area contributed by atoms with Gasteiger partial charge < -0.3 is 15.2 Å². The molecule has 0 aliphatic rings. The van der Waals surface area contributed by atoms with Crippen LogP contribution in [0.2, 0.25) is 0 Å². The first kappa shape index (κ1) is 14.1. The highest BCUT2D eigenvalue weighted by atomic mass is 32.1. The first-order chi connectivity index (χ1) is 9.65. The molecule has 0 saturated carbocycles. The molecule has 1 aromatic carbocycles. The van der Waals surface area contributed by atoms with Crippen LogP contribution in [-0.4, -0.2) is 17.2 Å². The van der Waals surface area contributed by atoms with Gasteiger partial charge in [-0.3, -0.25) is 4.79 Å². The topological polar surface area (TPSA) is 75.6 Å². The van der Waals surface area contributed by atoms with Crippen LogP contribution in [0.25, 0.3) is 0 Å². The third-order valence-electron chi connectivity index (χ3n) is 2.51. The molecule has 2 rings (SSSR count). The molecule has 0 bridgehead atoms. The average Bonchev–Trinajstić information content (AvgIpc) is 2.92. The molecule has 0 fully saturated rings. The number of carbonyl (C=O) groups excluding carboxylic acids is 1. The molecule has 5 nitrogen and oxygen atoms in total. The largest absolute Gasteiger partial charge is 0.481 e. The molecular weight excluding hydrogens is 278 g/mol. The van der Waals surface area contributed by atoms with Crippen molar-refractivity contribution in [3.63, 3.8) is 0 Å². The number of rotatable bonds is 5. The van der Waals surface area contributed by atoms with Gasteiger partial charge in [0, 0.05) is 4.88 Å². The van der Waals surface area contributed by atoms with E-state index in [0.29, 0.717) is 5.75 Å². The van der Waals surface area contributed by atoms with Crippen molar-refractivity contribution in [2.24, 2.45) is 0 Å². The summed E-state index contributed by atoms with van der Waals surface area (Å²) in [5.74, 6) is -0.575. The molecule has 0 saturated heterocycles. The van der Waals surface area contributed by atoms with Crippen molar-refractivity contribution in [3.8, 4) is 5.75 Å². The summed E-state index contributed by atoms with van der Waals surface area (Å²) in [6, 6.07) is 11.6. The molecule has 0 aliphatic heterocycles. The van der Waals surface area contributed by atoms with Crippen molar-refractivity contribution in [2.75, 3.05) is 0 Å². The van der Waals surface area contributed by atoms with Crippen molar-refractivity contribution in [3.05, 3.63) is 52.7 Å². The molecule has 104 valence electrons. The summed E-state index contributed by atoms with van der Waals surface area (Å²) in [6.07, 6.45) is -0.861. The van der Waals surface area contributed by atoms with Crippen LogP contribution < -0.4 is 10.1 Å². The minimum Gasteiger partial charge on any atom is -0.481 e. The second-order valence-electron chi connectivity index (χ2n) is 4.01. The van der Waals surface area contributed by atoms with Gasteiger partial charge in [-0.2, -0.15) is 0 Å². The zero-order chi connectivity index (χ0) is 14.4. The van der Waals surface area contributed by atoms with Gasteiger partial charge >= 0.3 is 12.1 Å². The third-order valence-corrected chi connectivity index (χ3v) is 3.50. The maximum atomic E-state index is 11.8. The number of carboxylic acids is 1. The highest BCUT2D eigenvalue weighted by Gasteiger charge is 2.19. The quantitative estimate of drug-likeness (QED) is 0.887. The fraction of sp³-hybridized carbons (Fsp3) is 0.143. The predicted octanol–water partition coefficient (Wildman–Crippen LogP) is 3.05. The van der Waals surface area contributed by atoms with E-state index >= 15 is 0 Å². The van der Waals surface area contributed by atoms with E-state index in [1.807, 2.05) is 11.4 Å². The van der Waals surface area contributed by atoms with E-state index in [2.05, 4.69) is 5.32 Å². The molecule has 1 heterocycles. The minimum absolute atomic E-state index is 0.190. The second-order valence-corrected chi connectivity index (χ2v) is 4.99. The van der Waals surface area contributed by atoms with E-state index in [4.69, 9.17) is 9.84 Å². The van der Waals surface area contributed by atoms with E-state index < -0.39 is 18.1 Å². The van der Waals surface area contributed by atoms with Gasteiger partial charge in [0.25, 0.3) is 0 Å². The normalized spacial score (nSPS) is 11.6.